The van der Waals surface area contributed by atoms with Gasteiger partial charge in [0.2, 0.25) is 5.91 Å². The minimum atomic E-state index is -4.51. The predicted molar refractivity (Wildman–Crippen MR) is 94.5 cm³/mol. The minimum Gasteiger partial charge on any atom is -0.481 e. The SMILES string of the molecule is O=C(O)C[C@@H](Cc1ccc(C(F)(F)F)cc1)NC(=O)Cc1ccc(C(F)(F)F)cc1. The van der Waals surface area contributed by atoms with Gasteiger partial charge in [0.05, 0.1) is 24.0 Å². The number of carbonyl (C=O) groups excluding carboxylic acids is 1. The van der Waals surface area contributed by atoms with Crippen LogP contribution in [0.15, 0.2) is 48.5 Å². The van der Waals surface area contributed by atoms with Crippen LogP contribution in [0.25, 0.3) is 0 Å². The van der Waals surface area contributed by atoms with E-state index in [4.69, 9.17) is 5.11 Å². The Balaban J connectivity index is 2.03. The Labute approximate surface area is 167 Å². The maximum Gasteiger partial charge on any atom is 0.416 e. The van der Waals surface area contributed by atoms with Crippen molar-refractivity contribution in [3.05, 3.63) is 70.8 Å². The van der Waals surface area contributed by atoms with Gasteiger partial charge in [0, 0.05) is 6.04 Å². The lowest BCUT2D eigenvalue weighted by Gasteiger charge is -2.18. The molecule has 1 amide bonds. The average Bonchev–Trinajstić information content (AvgIpc) is 2.60. The molecule has 0 aliphatic heterocycles. The molecule has 0 fully saturated rings. The predicted octanol–water partition coefficient (Wildman–Crippen LogP) is 4.47. The molecule has 0 saturated heterocycles. The molecule has 30 heavy (non-hydrogen) atoms. The summed E-state index contributed by atoms with van der Waals surface area (Å²) in [6, 6.07) is 7.16. The fourth-order valence-corrected chi connectivity index (χ4v) is 2.78. The molecule has 0 spiro atoms. The van der Waals surface area contributed by atoms with E-state index in [2.05, 4.69) is 5.32 Å². The van der Waals surface area contributed by atoms with Crippen molar-refractivity contribution in [2.24, 2.45) is 0 Å². The first-order valence-electron chi connectivity index (χ1n) is 8.68. The molecule has 0 aliphatic carbocycles. The summed E-state index contributed by atoms with van der Waals surface area (Å²) in [7, 11) is 0. The van der Waals surface area contributed by atoms with Gasteiger partial charge in [-0.2, -0.15) is 26.3 Å². The number of carbonyl (C=O) groups is 2. The molecular weight excluding hydrogens is 416 g/mol. The van der Waals surface area contributed by atoms with E-state index < -0.39 is 47.8 Å². The van der Waals surface area contributed by atoms with Gasteiger partial charge >= 0.3 is 18.3 Å². The third kappa shape index (κ3) is 7.09. The van der Waals surface area contributed by atoms with Crippen molar-refractivity contribution in [1.82, 2.24) is 5.32 Å². The number of amides is 1. The van der Waals surface area contributed by atoms with Crippen molar-refractivity contribution in [3.63, 3.8) is 0 Å². The van der Waals surface area contributed by atoms with Crippen LogP contribution in [0.3, 0.4) is 0 Å². The van der Waals surface area contributed by atoms with Crippen LogP contribution in [0.4, 0.5) is 26.3 Å². The van der Waals surface area contributed by atoms with E-state index in [1.807, 2.05) is 0 Å². The van der Waals surface area contributed by atoms with E-state index in [0.717, 1.165) is 36.4 Å². The van der Waals surface area contributed by atoms with Crippen molar-refractivity contribution in [2.45, 2.75) is 37.7 Å². The summed E-state index contributed by atoms with van der Waals surface area (Å²) in [4.78, 5) is 23.2. The first kappa shape index (κ1) is 23.2. The molecule has 1 atom stereocenters. The smallest absolute Gasteiger partial charge is 0.416 e. The van der Waals surface area contributed by atoms with Crippen molar-refractivity contribution < 1.29 is 41.0 Å². The van der Waals surface area contributed by atoms with Crippen molar-refractivity contribution in [1.29, 1.82) is 0 Å². The first-order valence-corrected chi connectivity index (χ1v) is 8.68. The fraction of sp³-hybridized carbons (Fsp3) is 0.300. The lowest BCUT2D eigenvalue weighted by molar-refractivity contribution is -0.138. The van der Waals surface area contributed by atoms with Crippen LogP contribution in [0.5, 0.6) is 0 Å². The van der Waals surface area contributed by atoms with Gasteiger partial charge < -0.3 is 10.4 Å². The number of hydrogen-bond acceptors (Lipinski definition) is 2. The number of nitrogens with one attached hydrogen (secondary N) is 1. The topological polar surface area (TPSA) is 66.4 Å². The number of carboxylic acid groups (broad SMARTS) is 1. The molecule has 0 unspecified atom stereocenters. The van der Waals surface area contributed by atoms with Crippen LogP contribution in [-0.2, 0) is 34.8 Å². The highest BCUT2D eigenvalue weighted by atomic mass is 19.4. The summed E-state index contributed by atoms with van der Waals surface area (Å²) in [6.07, 6.45) is -9.78. The second-order valence-electron chi connectivity index (χ2n) is 6.63. The standard InChI is InChI=1S/C20H17F6NO3/c21-19(22,23)14-5-1-12(2-6-14)9-16(11-18(29)30)27-17(28)10-13-3-7-15(8-4-13)20(24,25)26/h1-8,16H,9-11H2,(H,27,28)(H,29,30)/t16-/m1/s1. The molecular formula is C20H17F6NO3. The van der Waals surface area contributed by atoms with E-state index >= 15 is 0 Å². The fourth-order valence-electron chi connectivity index (χ4n) is 2.78. The van der Waals surface area contributed by atoms with Gasteiger partial charge in [-0.05, 0) is 41.8 Å². The number of benzene rings is 2. The molecule has 2 aromatic carbocycles. The molecule has 0 radical (unpaired) electrons. The molecule has 0 heterocycles. The first-order chi connectivity index (χ1) is 13.8. The minimum absolute atomic E-state index is 0.0246. The van der Waals surface area contributed by atoms with Crippen LogP contribution in [-0.4, -0.2) is 23.0 Å². The van der Waals surface area contributed by atoms with Gasteiger partial charge in [0.1, 0.15) is 0 Å². The zero-order valence-electron chi connectivity index (χ0n) is 15.3. The molecule has 2 aromatic rings. The van der Waals surface area contributed by atoms with Crippen molar-refractivity contribution in [3.8, 4) is 0 Å². The average molecular weight is 433 g/mol. The Morgan fingerprint density at radius 1 is 0.800 bits per heavy atom. The summed E-state index contributed by atoms with van der Waals surface area (Å²) in [5.74, 6) is -1.84. The molecule has 4 nitrogen and oxygen atoms in total. The van der Waals surface area contributed by atoms with Crippen LogP contribution in [0.2, 0.25) is 0 Å². The largest absolute Gasteiger partial charge is 0.481 e. The summed E-state index contributed by atoms with van der Waals surface area (Å²) in [5.41, 5.74) is -1.03. The molecule has 0 aliphatic rings. The summed E-state index contributed by atoms with van der Waals surface area (Å²) in [5, 5.41) is 11.5. The lowest BCUT2D eigenvalue weighted by Crippen LogP contribution is -2.39. The quantitative estimate of drug-likeness (QED) is 0.634. The molecule has 0 aromatic heterocycles. The van der Waals surface area contributed by atoms with Crippen LogP contribution in [0, 0.1) is 0 Å². The van der Waals surface area contributed by atoms with Gasteiger partial charge in [-0.15, -0.1) is 0 Å². The van der Waals surface area contributed by atoms with Crippen molar-refractivity contribution in [2.75, 3.05) is 0 Å². The number of alkyl halides is 6. The van der Waals surface area contributed by atoms with Crippen LogP contribution < -0.4 is 5.32 Å². The second kappa shape index (κ2) is 9.19. The highest BCUT2D eigenvalue weighted by Gasteiger charge is 2.31. The molecule has 2 N–H and O–H groups in total. The molecule has 162 valence electrons. The van der Waals surface area contributed by atoms with Gasteiger partial charge in [-0.25, -0.2) is 0 Å². The van der Waals surface area contributed by atoms with Crippen molar-refractivity contribution >= 4 is 11.9 Å². The highest BCUT2D eigenvalue weighted by molar-refractivity contribution is 5.79. The van der Waals surface area contributed by atoms with E-state index in [-0.39, 0.29) is 12.8 Å². The Morgan fingerprint density at radius 2 is 1.23 bits per heavy atom. The van der Waals surface area contributed by atoms with E-state index in [1.165, 1.54) is 12.1 Å². The zero-order valence-corrected chi connectivity index (χ0v) is 15.3. The van der Waals surface area contributed by atoms with Gasteiger partial charge in [0.25, 0.3) is 0 Å². The number of carboxylic acids is 1. The lowest BCUT2D eigenvalue weighted by atomic mass is 10.0. The zero-order chi connectivity index (χ0) is 22.5. The Hall–Kier alpha value is -3.04. The summed E-state index contributed by atoms with van der Waals surface area (Å²) in [6.45, 7) is 0. The third-order valence-corrected chi connectivity index (χ3v) is 4.20. The number of halogens is 6. The highest BCUT2D eigenvalue weighted by Crippen LogP contribution is 2.30. The maximum atomic E-state index is 12.6. The van der Waals surface area contributed by atoms with E-state index in [0.29, 0.717) is 11.1 Å². The van der Waals surface area contributed by atoms with Gasteiger partial charge in [-0.3, -0.25) is 9.59 Å². The Morgan fingerprint density at radius 3 is 1.63 bits per heavy atom. The molecule has 2 rings (SSSR count). The van der Waals surface area contributed by atoms with E-state index in [9.17, 15) is 35.9 Å². The summed E-state index contributed by atoms with van der Waals surface area (Å²) >= 11 is 0. The number of rotatable bonds is 7. The summed E-state index contributed by atoms with van der Waals surface area (Å²) < 4.78 is 75.6. The van der Waals surface area contributed by atoms with Gasteiger partial charge in [-0.1, -0.05) is 24.3 Å². The number of aliphatic carboxylic acids is 1. The van der Waals surface area contributed by atoms with E-state index in [1.54, 1.807) is 0 Å². The Bertz CT molecular complexity index is 873. The molecule has 0 bridgehead atoms. The Kier molecular flexibility index (Phi) is 7.12. The normalized spacial score (nSPS) is 13.0. The molecule has 0 saturated carbocycles. The molecule has 10 heteroatoms. The third-order valence-electron chi connectivity index (χ3n) is 4.20. The second-order valence-corrected chi connectivity index (χ2v) is 6.63. The maximum absolute atomic E-state index is 12.6. The van der Waals surface area contributed by atoms with Crippen LogP contribution in [0.1, 0.15) is 28.7 Å². The van der Waals surface area contributed by atoms with Gasteiger partial charge in [0.15, 0.2) is 0 Å². The van der Waals surface area contributed by atoms with Crippen LogP contribution >= 0.6 is 0 Å². The monoisotopic (exact) mass is 433 g/mol. The number of hydrogen-bond donors (Lipinski definition) is 2.